The normalized spacial score (nSPS) is 18.7. The van der Waals surface area contributed by atoms with Gasteiger partial charge in [-0.2, -0.15) is 5.10 Å². The predicted octanol–water partition coefficient (Wildman–Crippen LogP) is 2.39. The van der Waals surface area contributed by atoms with Crippen molar-refractivity contribution in [2.75, 3.05) is 18.0 Å². The van der Waals surface area contributed by atoms with Crippen molar-refractivity contribution in [3.8, 4) is 22.4 Å². The Balaban J connectivity index is 1.53. The number of rotatable bonds is 5. The van der Waals surface area contributed by atoms with Gasteiger partial charge in [-0.3, -0.25) is 4.68 Å². The minimum atomic E-state index is -3.84. The summed E-state index contributed by atoms with van der Waals surface area (Å²) in [5.74, 6) is 0.749. The zero-order chi connectivity index (χ0) is 24.7. The lowest BCUT2D eigenvalue weighted by Crippen LogP contribution is -2.50. The summed E-state index contributed by atoms with van der Waals surface area (Å²) >= 11 is 0. The number of aromatic nitrogens is 4. The number of hydrogen-bond donors (Lipinski definition) is 2. The van der Waals surface area contributed by atoms with Crippen molar-refractivity contribution in [3.05, 3.63) is 72.8 Å². The van der Waals surface area contributed by atoms with E-state index < -0.39 is 16.1 Å². The lowest BCUT2D eigenvalue weighted by atomic mass is 10.0. The molecule has 0 amide bonds. The average molecular weight is 493 g/mol. The number of aliphatic hydroxyl groups is 1. The van der Waals surface area contributed by atoms with Crippen molar-refractivity contribution < 1.29 is 13.5 Å². The first-order chi connectivity index (χ1) is 16.7. The summed E-state index contributed by atoms with van der Waals surface area (Å²) in [6.07, 6.45) is 6.88. The van der Waals surface area contributed by atoms with E-state index >= 15 is 0 Å². The second kappa shape index (κ2) is 8.95. The van der Waals surface area contributed by atoms with Gasteiger partial charge < -0.3 is 15.7 Å². The molecule has 0 spiro atoms. The number of aryl methyl sites for hydroxylation is 2. The van der Waals surface area contributed by atoms with Gasteiger partial charge in [-0.25, -0.2) is 17.4 Å². The summed E-state index contributed by atoms with van der Waals surface area (Å²) in [5.41, 5.74) is 9.62. The van der Waals surface area contributed by atoms with Crippen LogP contribution in [0.15, 0.2) is 72.1 Å². The Labute approximate surface area is 204 Å². The molecule has 35 heavy (non-hydrogen) atoms. The Morgan fingerprint density at radius 3 is 2.43 bits per heavy atom. The van der Waals surface area contributed by atoms with E-state index in [4.69, 9.17) is 5.73 Å². The molecule has 2 atom stereocenters. The SMILES string of the molecule is Cc1ccc(S(=O)(=O)n2cc(-c3ccc(N4CC[C@H](N)[C@@H](O)C4)nc3)cc2-c2cnn(C)c2)cc1. The van der Waals surface area contributed by atoms with E-state index in [1.54, 1.807) is 60.8 Å². The largest absolute Gasteiger partial charge is 0.390 e. The molecule has 0 radical (unpaired) electrons. The first-order valence-electron chi connectivity index (χ1n) is 11.4. The number of aliphatic hydroxyl groups excluding tert-OH is 1. The quantitative estimate of drug-likeness (QED) is 0.439. The van der Waals surface area contributed by atoms with Crippen LogP contribution in [0.1, 0.15) is 12.0 Å². The van der Waals surface area contributed by atoms with Gasteiger partial charge in [0.25, 0.3) is 10.0 Å². The number of nitrogens with zero attached hydrogens (tertiary/aromatic N) is 5. The molecular weight excluding hydrogens is 464 g/mol. The Hall–Kier alpha value is -3.47. The number of β-amino-alcohol motifs (C(OH)–C–C–N with tert-alkyl or cyclic N) is 1. The van der Waals surface area contributed by atoms with Gasteiger partial charge in [0.15, 0.2) is 0 Å². The number of piperidine rings is 1. The molecule has 0 bridgehead atoms. The second-order valence-electron chi connectivity index (χ2n) is 9.00. The predicted molar refractivity (Wildman–Crippen MR) is 134 cm³/mol. The van der Waals surface area contributed by atoms with Gasteiger partial charge in [-0.05, 0) is 43.7 Å². The van der Waals surface area contributed by atoms with Gasteiger partial charge in [-0.15, -0.1) is 0 Å². The molecule has 10 heteroatoms. The van der Waals surface area contributed by atoms with Crippen molar-refractivity contribution in [3.63, 3.8) is 0 Å². The van der Waals surface area contributed by atoms with E-state index in [9.17, 15) is 13.5 Å². The molecule has 5 rings (SSSR count). The maximum absolute atomic E-state index is 13.6. The van der Waals surface area contributed by atoms with E-state index in [-0.39, 0.29) is 10.9 Å². The molecule has 1 fully saturated rings. The van der Waals surface area contributed by atoms with Gasteiger partial charge in [0, 0.05) is 61.5 Å². The fraction of sp³-hybridized carbons (Fsp3) is 0.280. The highest BCUT2D eigenvalue weighted by Gasteiger charge is 2.26. The van der Waals surface area contributed by atoms with Crippen LogP contribution in [0, 0.1) is 6.92 Å². The first-order valence-corrected chi connectivity index (χ1v) is 12.8. The molecule has 0 saturated carbocycles. The fourth-order valence-electron chi connectivity index (χ4n) is 4.29. The minimum absolute atomic E-state index is 0.214. The lowest BCUT2D eigenvalue weighted by Gasteiger charge is -2.34. The Kier molecular flexibility index (Phi) is 5.96. The molecule has 1 aromatic carbocycles. The van der Waals surface area contributed by atoms with Crippen LogP contribution in [0.25, 0.3) is 22.4 Å². The Morgan fingerprint density at radius 2 is 1.80 bits per heavy atom. The molecule has 3 aromatic heterocycles. The number of anilines is 1. The average Bonchev–Trinajstić information content (AvgIpc) is 3.48. The van der Waals surface area contributed by atoms with Crippen LogP contribution in [0.3, 0.4) is 0 Å². The molecule has 4 aromatic rings. The third kappa shape index (κ3) is 4.47. The van der Waals surface area contributed by atoms with Gasteiger partial charge in [-0.1, -0.05) is 17.7 Å². The molecule has 1 aliphatic heterocycles. The minimum Gasteiger partial charge on any atom is -0.390 e. The van der Waals surface area contributed by atoms with Gasteiger partial charge in [0.05, 0.1) is 22.9 Å². The molecule has 3 N–H and O–H groups in total. The van der Waals surface area contributed by atoms with Crippen molar-refractivity contribution in [2.45, 2.75) is 30.4 Å². The van der Waals surface area contributed by atoms with Crippen LogP contribution in [0.5, 0.6) is 0 Å². The second-order valence-corrected chi connectivity index (χ2v) is 10.8. The van der Waals surface area contributed by atoms with E-state index in [1.165, 1.54) is 3.97 Å². The molecule has 4 heterocycles. The monoisotopic (exact) mass is 492 g/mol. The summed E-state index contributed by atoms with van der Waals surface area (Å²) in [5, 5.41) is 14.3. The molecule has 1 saturated heterocycles. The third-order valence-electron chi connectivity index (χ3n) is 6.40. The van der Waals surface area contributed by atoms with Crippen LogP contribution in [0.4, 0.5) is 5.82 Å². The van der Waals surface area contributed by atoms with E-state index in [1.807, 2.05) is 30.0 Å². The van der Waals surface area contributed by atoms with Crippen molar-refractivity contribution in [1.82, 2.24) is 18.7 Å². The van der Waals surface area contributed by atoms with Crippen LogP contribution in [-0.2, 0) is 17.1 Å². The van der Waals surface area contributed by atoms with E-state index in [0.717, 1.165) is 29.1 Å². The number of benzene rings is 1. The first kappa shape index (κ1) is 23.3. The molecule has 0 aliphatic carbocycles. The zero-order valence-corrected chi connectivity index (χ0v) is 20.4. The maximum atomic E-state index is 13.6. The molecule has 0 unspecified atom stereocenters. The Morgan fingerprint density at radius 1 is 1.03 bits per heavy atom. The fourth-order valence-corrected chi connectivity index (χ4v) is 5.67. The topological polar surface area (TPSA) is 119 Å². The summed E-state index contributed by atoms with van der Waals surface area (Å²) in [6, 6.07) is 12.2. The summed E-state index contributed by atoms with van der Waals surface area (Å²) < 4.78 is 30.1. The van der Waals surface area contributed by atoms with Gasteiger partial charge in [0.2, 0.25) is 0 Å². The van der Waals surface area contributed by atoms with Crippen LogP contribution < -0.4 is 10.6 Å². The van der Waals surface area contributed by atoms with Gasteiger partial charge >= 0.3 is 0 Å². The summed E-state index contributed by atoms with van der Waals surface area (Å²) in [7, 11) is -2.05. The highest BCUT2D eigenvalue weighted by molar-refractivity contribution is 7.90. The molecule has 1 aliphatic rings. The van der Waals surface area contributed by atoms with Crippen molar-refractivity contribution in [2.24, 2.45) is 12.8 Å². The number of pyridine rings is 1. The van der Waals surface area contributed by atoms with Crippen LogP contribution in [0.2, 0.25) is 0 Å². The Bertz CT molecular complexity index is 1440. The van der Waals surface area contributed by atoms with Crippen molar-refractivity contribution in [1.29, 1.82) is 0 Å². The van der Waals surface area contributed by atoms with Crippen LogP contribution in [-0.4, -0.2) is 57.5 Å². The highest BCUT2D eigenvalue weighted by atomic mass is 32.2. The highest BCUT2D eigenvalue weighted by Crippen LogP contribution is 2.32. The number of hydrogen-bond acceptors (Lipinski definition) is 7. The van der Waals surface area contributed by atoms with E-state index in [0.29, 0.717) is 24.2 Å². The lowest BCUT2D eigenvalue weighted by molar-refractivity contribution is 0.131. The number of nitrogens with two attached hydrogens (primary N) is 1. The summed E-state index contributed by atoms with van der Waals surface area (Å²) in [4.78, 5) is 6.80. The third-order valence-corrected chi connectivity index (χ3v) is 8.09. The maximum Gasteiger partial charge on any atom is 0.268 e. The smallest absolute Gasteiger partial charge is 0.268 e. The zero-order valence-electron chi connectivity index (χ0n) is 19.6. The van der Waals surface area contributed by atoms with Gasteiger partial charge in [0.1, 0.15) is 5.82 Å². The van der Waals surface area contributed by atoms with E-state index in [2.05, 4.69) is 10.1 Å². The molecule has 9 nitrogen and oxygen atoms in total. The van der Waals surface area contributed by atoms with Crippen LogP contribution >= 0.6 is 0 Å². The molecule has 182 valence electrons. The molecular formula is C25H28N6O3S. The standard InChI is InChI=1S/C25H28N6O3S/c1-17-3-6-21(7-4-17)35(33,34)31-15-19(11-23(31)20-13-28-29(2)14-20)18-5-8-25(27-12-18)30-10-9-22(26)24(32)16-30/h3-8,11-15,22,24,32H,9-10,16,26H2,1-2H3/t22-,24-/m0/s1. The summed E-state index contributed by atoms with van der Waals surface area (Å²) in [6.45, 7) is 3.07. The van der Waals surface area contributed by atoms with Crippen molar-refractivity contribution >= 4 is 15.8 Å².